The van der Waals surface area contributed by atoms with Gasteiger partial charge in [-0.05, 0) is 25.1 Å². The Balaban J connectivity index is 2.39. The van der Waals surface area contributed by atoms with Crippen LogP contribution >= 0.6 is 0 Å². The molecule has 0 radical (unpaired) electrons. The zero-order valence-corrected chi connectivity index (χ0v) is 8.96. The number of aliphatic hydroxyl groups is 1. The SMILES string of the molecule is Cc1cccc(C(O)c2cccnc2N)n1. The summed E-state index contributed by atoms with van der Waals surface area (Å²) in [5.41, 5.74) is 7.73. The van der Waals surface area contributed by atoms with Gasteiger partial charge < -0.3 is 10.8 Å². The second kappa shape index (κ2) is 4.28. The van der Waals surface area contributed by atoms with Crippen LogP contribution in [0.25, 0.3) is 0 Å². The molecule has 0 spiro atoms. The van der Waals surface area contributed by atoms with Crippen LogP contribution in [0.2, 0.25) is 0 Å². The van der Waals surface area contributed by atoms with Crippen LogP contribution in [-0.4, -0.2) is 15.1 Å². The number of rotatable bonds is 2. The molecule has 0 bridgehead atoms. The predicted molar refractivity (Wildman–Crippen MR) is 61.7 cm³/mol. The summed E-state index contributed by atoms with van der Waals surface area (Å²) < 4.78 is 0. The van der Waals surface area contributed by atoms with Gasteiger partial charge in [0.15, 0.2) is 0 Å². The van der Waals surface area contributed by atoms with Crippen LogP contribution < -0.4 is 5.73 Å². The fourth-order valence-corrected chi connectivity index (χ4v) is 1.54. The molecule has 3 N–H and O–H groups in total. The first kappa shape index (κ1) is 10.6. The molecule has 82 valence electrons. The van der Waals surface area contributed by atoms with E-state index >= 15 is 0 Å². The summed E-state index contributed by atoms with van der Waals surface area (Å²) in [6, 6.07) is 8.99. The summed E-state index contributed by atoms with van der Waals surface area (Å²) in [7, 11) is 0. The highest BCUT2D eigenvalue weighted by molar-refractivity contribution is 5.43. The van der Waals surface area contributed by atoms with Gasteiger partial charge in [-0.15, -0.1) is 0 Å². The van der Waals surface area contributed by atoms with Gasteiger partial charge in [-0.2, -0.15) is 0 Å². The molecule has 4 nitrogen and oxygen atoms in total. The molecular formula is C12H13N3O. The number of aryl methyl sites for hydroxylation is 1. The number of hydrogen-bond acceptors (Lipinski definition) is 4. The average Bonchev–Trinajstić information content (AvgIpc) is 2.29. The highest BCUT2D eigenvalue weighted by Gasteiger charge is 2.14. The van der Waals surface area contributed by atoms with Crippen molar-refractivity contribution in [3.8, 4) is 0 Å². The zero-order valence-electron chi connectivity index (χ0n) is 8.96. The minimum absolute atomic E-state index is 0.332. The Morgan fingerprint density at radius 3 is 2.75 bits per heavy atom. The molecule has 0 fully saturated rings. The van der Waals surface area contributed by atoms with Gasteiger partial charge in [0.25, 0.3) is 0 Å². The smallest absolute Gasteiger partial charge is 0.129 e. The molecule has 0 saturated heterocycles. The first-order valence-corrected chi connectivity index (χ1v) is 5.00. The molecule has 2 heterocycles. The molecule has 16 heavy (non-hydrogen) atoms. The highest BCUT2D eigenvalue weighted by atomic mass is 16.3. The van der Waals surface area contributed by atoms with Crippen molar-refractivity contribution in [2.75, 3.05) is 5.73 Å². The van der Waals surface area contributed by atoms with Crippen LogP contribution in [0.3, 0.4) is 0 Å². The molecule has 2 aromatic heterocycles. The van der Waals surface area contributed by atoms with Crippen LogP contribution in [0.5, 0.6) is 0 Å². The average molecular weight is 215 g/mol. The maximum absolute atomic E-state index is 10.1. The number of nitrogens with zero attached hydrogens (tertiary/aromatic N) is 2. The molecule has 0 aromatic carbocycles. The van der Waals surface area contributed by atoms with Crippen molar-refractivity contribution in [2.24, 2.45) is 0 Å². The third-order valence-corrected chi connectivity index (χ3v) is 2.36. The molecule has 2 rings (SSSR count). The maximum atomic E-state index is 10.1. The van der Waals surface area contributed by atoms with E-state index in [4.69, 9.17) is 5.73 Å². The highest BCUT2D eigenvalue weighted by Crippen LogP contribution is 2.23. The summed E-state index contributed by atoms with van der Waals surface area (Å²) in [6.45, 7) is 1.88. The Hall–Kier alpha value is -1.94. The summed E-state index contributed by atoms with van der Waals surface area (Å²) >= 11 is 0. The van der Waals surface area contributed by atoms with E-state index in [1.54, 1.807) is 24.4 Å². The van der Waals surface area contributed by atoms with Gasteiger partial charge in [-0.25, -0.2) is 4.98 Å². The lowest BCUT2D eigenvalue weighted by Crippen LogP contribution is -2.07. The van der Waals surface area contributed by atoms with Gasteiger partial charge in [0.05, 0.1) is 5.69 Å². The van der Waals surface area contributed by atoms with E-state index in [2.05, 4.69) is 9.97 Å². The van der Waals surface area contributed by atoms with E-state index in [-0.39, 0.29) is 0 Å². The van der Waals surface area contributed by atoms with Crippen molar-refractivity contribution < 1.29 is 5.11 Å². The van der Waals surface area contributed by atoms with Crippen LogP contribution in [0.4, 0.5) is 5.82 Å². The predicted octanol–water partition coefficient (Wildman–Crippen LogP) is 1.45. The van der Waals surface area contributed by atoms with Gasteiger partial charge in [0.2, 0.25) is 0 Å². The lowest BCUT2D eigenvalue weighted by Gasteiger charge is -2.12. The van der Waals surface area contributed by atoms with Gasteiger partial charge >= 0.3 is 0 Å². The number of hydrogen-bond donors (Lipinski definition) is 2. The van der Waals surface area contributed by atoms with Crippen molar-refractivity contribution in [3.63, 3.8) is 0 Å². The molecular weight excluding hydrogens is 202 g/mol. The van der Waals surface area contributed by atoms with Gasteiger partial charge in [-0.3, -0.25) is 4.98 Å². The van der Waals surface area contributed by atoms with Gasteiger partial charge in [0.1, 0.15) is 11.9 Å². The van der Waals surface area contributed by atoms with Crippen LogP contribution in [0.1, 0.15) is 23.1 Å². The molecule has 4 heteroatoms. The lowest BCUT2D eigenvalue weighted by atomic mass is 10.1. The third-order valence-electron chi connectivity index (χ3n) is 2.36. The third kappa shape index (κ3) is 2.01. The molecule has 1 unspecified atom stereocenters. The minimum atomic E-state index is -0.825. The van der Waals surface area contributed by atoms with E-state index in [1.807, 2.05) is 19.1 Å². The quantitative estimate of drug-likeness (QED) is 0.795. The van der Waals surface area contributed by atoms with Crippen LogP contribution in [-0.2, 0) is 0 Å². The summed E-state index contributed by atoms with van der Waals surface area (Å²) in [5, 5.41) is 10.1. The number of nitrogen functional groups attached to an aromatic ring is 1. The van der Waals surface area contributed by atoms with E-state index < -0.39 is 6.10 Å². The monoisotopic (exact) mass is 215 g/mol. The second-order valence-corrected chi connectivity index (χ2v) is 3.58. The van der Waals surface area contributed by atoms with Gasteiger partial charge in [-0.1, -0.05) is 12.1 Å². The molecule has 0 amide bonds. The number of aliphatic hydroxyl groups excluding tert-OH is 1. The Labute approximate surface area is 93.8 Å². The first-order valence-electron chi connectivity index (χ1n) is 5.00. The van der Waals surface area contributed by atoms with Gasteiger partial charge in [0, 0.05) is 17.5 Å². The standard InChI is InChI=1S/C12H13N3O/c1-8-4-2-6-10(15-8)11(16)9-5-3-7-14-12(9)13/h2-7,11,16H,1H3,(H2,13,14). The van der Waals surface area contributed by atoms with E-state index in [0.717, 1.165) is 5.69 Å². The summed E-state index contributed by atoms with van der Waals surface area (Å²) in [5.74, 6) is 0.332. The van der Waals surface area contributed by atoms with E-state index in [0.29, 0.717) is 17.1 Å². The molecule has 0 saturated carbocycles. The van der Waals surface area contributed by atoms with Crippen molar-refractivity contribution >= 4 is 5.82 Å². The topological polar surface area (TPSA) is 72.0 Å². The zero-order chi connectivity index (χ0) is 11.5. The van der Waals surface area contributed by atoms with Crippen molar-refractivity contribution in [3.05, 3.63) is 53.5 Å². The van der Waals surface area contributed by atoms with E-state index in [9.17, 15) is 5.11 Å². The van der Waals surface area contributed by atoms with Crippen molar-refractivity contribution in [1.82, 2.24) is 9.97 Å². The number of pyridine rings is 2. The molecule has 0 aliphatic heterocycles. The summed E-state index contributed by atoms with van der Waals surface area (Å²) in [4.78, 5) is 8.20. The number of anilines is 1. The molecule has 2 aromatic rings. The number of aromatic nitrogens is 2. The molecule has 1 atom stereocenters. The largest absolute Gasteiger partial charge is 0.383 e. The Bertz CT molecular complexity index is 499. The molecule has 0 aliphatic carbocycles. The second-order valence-electron chi connectivity index (χ2n) is 3.58. The van der Waals surface area contributed by atoms with Crippen molar-refractivity contribution in [1.29, 1.82) is 0 Å². The summed E-state index contributed by atoms with van der Waals surface area (Å²) in [6.07, 6.45) is 0.767. The Morgan fingerprint density at radius 2 is 2.06 bits per heavy atom. The van der Waals surface area contributed by atoms with E-state index in [1.165, 1.54) is 0 Å². The Kier molecular flexibility index (Phi) is 2.83. The normalized spacial score (nSPS) is 12.4. The fraction of sp³-hybridized carbons (Fsp3) is 0.167. The lowest BCUT2D eigenvalue weighted by molar-refractivity contribution is 0.215. The first-order chi connectivity index (χ1) is 7.68. The van der Waals surface area contributed by atoms with Crippen LogP contribution in [0, 0.1) is 6.92 Å². The maximum Gasteiger partial charge on any atom is 0.129 e. The van der Waals surface area contributed by atoms with Crippen LogP contribution in [0.15, 0.2) is 36.5 Å². The molecule has 0 aliphatic rings. The van der Waals surface area contributed by atoms with Crippen molar-refractivity contribution in [2.45, 2.75) is 13.0 Å². The fourth-order valence-electron chi connectivity index (χ4n) is 1.54. The Morgan fingerprint density at radius 1 is 1.25 bits per heavy atom. The number of nitrogens with two attached hydrogens (primary N) is 1. The minimum Gasteiger partial charge on any atom is -0.383 e.